The molecular weight excluding hydrogens is 482 g/mol. The number of para-hydroxylation sites is 1. The van der Waals surface area contributed by atoms with E-state index < -0.39 is 0 Å². The molecule has 1 amide bonds. The zero-order valence-electron chi connectivity index (χ0n) is 21.6. The lowest BCUT2D eigenvalue weighted by molar-refractivity contribution is -0.143. The average Bonchev–Trinajstić information content (AvgIpc) is 3.32. The first kappa shape index (κ1) is 25.5. The van der Waals surface area contributed by atoms with E-state index in [4.69, 9.17) is 13.9 Å². The minimum absolute atomic E-state index is 0.134. The van der Waals surface area contributed by atoms with Gasteiger partial charge in [-0.05, 0) is 66.8 Å². The molecule has 8 nitrogen and oxygen atoms in total. The van der Waals surface area contributed by atoms with Crippen molar-refractivity contribution in [3.8, 4) is 0 Å². The third-order valence-corrected chi connectivity index (χ3v) is 7.15. The van der Waals surface area contributed by atoms with Gasteiger partial charge in [0, 0.05) is 30.0 Å². The van der Waals surface area contributed by atoms with Crippen LogP contribution in [0.15, 0.2) is 71.1 Å². The van der Waals surface area contributed by atoms with Crippen LogP contribution in [0.25, 0.3) is 11.1 Å². The number of aromatic nitrogens is 1. The largest absolute Gasteiger partial charge is 0.469 e. The van der Waals surface area contributed by atoms with E-state index in [1.807, 2.05) is 73.7 Å². The van der Waals surface area contributed by atoms with Gasteiger partial charge in [-0.1, -0.05) is 36.4 Å². The molecule has 0 saturated carbocycles. The van der Waals surface area contributed by atoms with Crippen LogP contribution in [-0.4, -0.2) is 37.2 Å². The summed E-state index contributed by atoms with van der Waals surface area (Å²) in [5.74, 6) is -0.365. The number of nitrogens with zero attached hydrogens (tertiary/aromatic N) is 1. The molecule has 0 atom stereocenters. The second-order valence-electron chi connectivity index (χ2n) is 9.71. The van der Waals surface area contributed by atoms with E-state index in [-0.39, 0.29) is 23.7 Å². The van der Waals surface area contributed by atoms with Crippen molar-refractivity contribution >= 4 is 40.4 Å². The van der Waals surface area contributed by atoms with Crippen LogP contribution in [0.3, 0.4) is 0 Å². The minimum atomic E-state index is -0.312. The Morgan fingerprint density at radius 2 is 1.79 bits per heavy atom. The highest BCUT2D eigenvalue weighted by Crippen LogP contribution is 2.39. The van der Waals surface area contributed by atoms with Crippen molar-refractivity contribution in [1.29, 1.82) is 0 Å². The quantitative estimate of drug-likeness (QED) is 0.293. The fourth-order valence-electron chi connectivity index (χ4n) is 4.94. The number of carbonyl (C=O) groups excluding carboxylic acids is 2. The number of esters is 1. The molecule has 1 aliphatic heterocycles. The molecule has 0 radical (unpaired) electrons. The lowest BCUT2D eigenvalue weighted by Gasteiger charge is -2.37. The molecule has 0 aliphatic carbocycles. The number of aryl methyl sites for hydroxylation is 1. The highest BCUT2D eigenvalue weighted by molar-refractivity contribution is 5.93. The molecule has 0 bridgehead atoms. The van der Waals surface area contributed by atoms with Crippen molar-refractivity contribution in [2.75, 3.05) is 31.0 Å². The van der Waals surface area contributed by atoms with Crippen molar-refractivity contribution < 1.29 is 23.5 Å². The van der Waals surface area contributed by atoms with Gasteiger partial charge in [0.15, 0.2) is 5.58 Å². The van der Waals surface area contributed by atoms with E-state index in [2.05, 4.69) is 15.6 Å². The van der Waals surface area contributed by atoms with E-state index in [0.717, 1.165) is 40.7 Å². The van der Waals surface area contributed by atoms with E-state index in [9.17, 15) is 9.59 Å². The van der Waals surface area contributed by atoms with Gasteiger partial charge in [0.05, 0.1) is 20.0 Å². The monoisotopic (exact) mass is 513 g/mol. The van der Waals surface area contributed by atoms with Crippen molar-refractivity contribution in [2.45, 2.75) is 38.0 Å². The van der Waals surface area contributed by atoms with Crippen LogP contribution in [0.2, 0.25) is 0 Å². The molecule has 1 aromatic heterocycles. The first-order valence-corrected chi connectivity index (χ1v) is 12.7. The van der Waals surface area contributed by atoms with Crippen molar-refractivity contribution in [3.63, 3.8) is 0 Å². The predicted molar refractivity (Wildman–Crippen MR) is 146 cm³/mol. The second kappa shape index (κ2) is 11.1. The molecule has 2 heterocycles. The summed E-state index contributed by atoms with van der Waals surface area (Å²) in [4.78, 5) is 29.4. The number of benzene rings is 3. The predicted octanol–water partition coefficient (Wildman–Crippen LogP) is 5.67. The van der Waals surface area contributed by atoms with Gasteiger partial charge in [0.1, 0.15) is 5.52 Å². The zero-order chi connectivity index (χ0) is 26.5. The SMILES string of the molecule is COC(=O)CC1(c2ccc(NC(=O)Cc3ccc4nc(Nc5ccccc5C)oc4c3)cc2)CCOCC1. The summed E-state index contributed by atoms with van der Waals surface area (Å²) in [6, 6.07) is 21.6. The van der Waals surface area contributed by atoms with E-state index in [0.29, 0.717) is 36.9 Å². The van der Waals surface area contributed by atoms with Crippen molar-refractivity contribution in [1.82, 2.24) is 4.98 Å². The van der Waals surface area contributed by atoms with Crippen LogP contribution in [0.4, 0.5) is 17.4 Å². The Balaban J connectivity index is 1.24. The van der Waals surface area contributed by atoms with Gasteiger partial charge in [0.25, 0.3) is 6.01 Å². The third-order valence-electron chi connectivity index (χ3n) is 7.15. The number of hydrogen-bond donors (Lipinski definition) is 2. The molecule has 1 fully saturated rings. The number of rotatable bonds is 8. The van der Waals surface area contributed by atoms with E-state index in [1.165, 1.54) is 7.11 Å². The number of fused-ring (bicyclic) bond motifs is 1. The van der Waals surface area contributed by atoms with Crippen LogP contribution in [0, 0.1) is 6.92 Å². The molecule has 196 valence electrons. The van der Waals surface area contributed by atoms with Crippen molar-refractivity contribution in [2.24, 2.45) is 0 Å². The van der Waals surface area contributed by atoms with Gasteiger partial charge in [-0.25, -0.2) is 0 Å². The summed E-state index contributed by atoms with van der Waals surface area (Å²) in [5, 5.41) is 6.17. The Kier molecular flexibility index (Phi) is 7.42. The van der Waals surface area contributed by atoms with Gasteiger partial charge in [-0.3, -0.25) is 9.59 Å². The number of carbonyl (C=O) groups is 2. The molecule has 2 N–H and O–H groups in total. The van der Waals surface area contributed by atoms with E-state index >= 15 is 0 Å². The normalized spacial score (nSPS) is 14.7. The third kappa shape index (κ3) is 5.70. The maximum Gasteiger partial charge on any atom is 0.306 e. The summed E-state index contributed by atoms with van der Waals surface area (Å²) in [6.07, 6.45) is 2.01. The Labute approximate surface area is 221 Å². The van der Waals surface area contributed by atoms with Crippen LogP contribution in [-0.2, 0) is 30.9 Å². The summed E-state index contributed by atoms with van der Waals surface area (Å²) >= 11 is 0. The molecule has 4 aromatic rings. The standard InChI is InChI=1S/C30H31N3O5/c1-20-5-3-4-6-24(20)32-29-33-25-12-7-21(17-26(25)38-29)18-27(34)31-23-10-8-22(9-11-23)30(19-28(35)36-2)13-15-37-16-14-30/h3-12,17H,13-16,18-19H2,1-2H3,(H,31,34)(H,32,33). The summed E-state index contributed by atoms with van der Waals surface area (Å²) in [7, 11) is 1.41. The molecule has 1 saturated heterocycles. The van der Waals surface area contributed by atoms with Crippen LogP contribution < -0.4 is 10.6 Å². The first-order valence-electron chi connectivity index (χ1n) is 12.7. The highest BCUT2D eigenvalue weighted by Gasteiger charge is 2.37. The fraction of sp³-hybridized carbons (Fsp3) is 0.300. The smallest absolute Gasteiger partial charge is 0.306 e. The number of hydrogen-bond acceptors (Lipinski definition) is 7. The molecular formula is C30H31N3O5. The number of oxazole rings is 1. The van der Waals surface area contributed by atoms with Gasteiger partial charge < -0.3 is 24.5 Å². The average molecular weight is 514 g/mol. The molecule has 3 aromatic carbocycles. The van der Waals surface area contributed by atoms with Gasteiger partial charge in [-0.15, -0.1) is 0 Å². The number of methoxy groups -OCH3 is 1. The highest BCUT2D eigenvalue weighted by atomic mass is 16.5. The number of ether oxygens (including phenoxy) is 2. The first-order chi connectivity index (χ1) is 18.4. The maximum absolute atomic E-state index is 12.8. The van der Waals surface area contributed by atoms with Gasteiger partial charge >= 0.3 is 5.97 Å². The Bertz CT molecular complexity index is 1440. The Hall–Kier alpha value is -4.17. The minimum Gasteiger partial charge on any atom is -0.469 e. The van der Waals surface area contributed by atoms with E-state index in [1.54, 1.807) is 0 Å². The zero-order valence-corrected chi connectivity index (χ0v) is 21.6. The second-order valence-corrected chi connectivity index (χ2v) is 9.71. The summed E-state index contributed by atoms with van der Waals surface area (Å²) in [6.45, 7) is 3.23. The molecule has 0 spiro atoms. The number of nitrogens with one attached hydrogen (secondary N) is 2. The van der Waals surface area contributed by atoms with Crippen LogP contribution in [0.1, 0.15) is 36.0 Å². The molecule has 38 heavy (non-hydrogen) atoms. The van der Waals surface area contributed by atoms with Crippen LogP contribution >= 0.6 is 0 Å². The van der Waals surface area contributed by atoms with Gasteiger partial charge in [0.2, 0.25) is 5.91 Å². The molecule has 0 unspecified atom stereocenters. The lowest BCUT2D eigenvalue weighted by atomic mass is 9.72. The fourth-order valence-corrected chi connectivity index (χ4v) is 4.94. The Morgan fingerprint density at radius 3 is 2.53 bits per heavy atom. The summed E-state index contributed by atoms with van der Waals surface area (Å²) in [5.41, 5.74) is 5.61. The number of anilines is 3. The topological polar surface area (TPSA) is 103 Å². The number of amides is 1. The summed E-state index contributed by atoms with van der Waals surface area (Å²) < 4.78 is 16.4. The molecule has 5 rings (SSSR count). The Morgan fingerprint density at radius 1 is 1.03 bits per heavy atom. The van der Waals surface area contributed by atoms with Gasteiger partial charge in [-0.2, -0.15) is 4.98 Å². The van der Waals surface area contributed by atoms with Crippen molar-refractivity contribution in [3.05, 3.63) is 83.4 Å². The lowest BCUT2D eigenvalue weighted by Crippen LogP contribution is -2.36. The maximum atomic E-state index is 12.8. The molecule has 1 aliphatic rings. The molecule has 8 heteroatoms. The van der Waals surface area contributed by atoms with Crippen LogP contribution in [0.5, 0.6) is 0 Å².